The van der Waals surface area contributed by atoms with E-state index < -0.39 is 0 Å². The van der Waals surface area contributed by atoms with Crippen LogP contribution in [0.5, 0.6) is 0 Å². The van der Waals surface area contributed by atoms with E-state index in [0.717, 1.165) is 26.4 Å². The zero-order valence-corrected chi connectivity index (χ0v) is 18.4. The molecule has 0 radical (unpaired) electrons. The quantitative estimate of drug-likeness (QED) is 0.327. The molecule has 2 aromatic heterocycles. The molecule has 0 aliphatic heterocycles. The molecular weight excluding hydrogens is 441 g/mol. The van der Waals surface area contributed by atoms with Crippen molar-refractivity contribution in [3.05, 3.63) is 82.9 Å². The van der Waals surface area contributed by atoms with E-state index in [1.54, 1.807) is 23.2 Å². The number of anilines is 1. The van der Waals surface area contributed by atoms with E-state index >= 15 is 0 Å². The Morgan fingerprint density at radius 3 is 2.67 bits per heavy atom. The van der Waals surface area contributed by atoms with Crippen LogP contribution in [-0.4, -0.2) is 21.6 Å². The highest BCUT2D eigenvalue weighted by molar-refractivity contribution is 8.00. The minimum absolute atomic E-state index is 0.109. The lowest BCUT2D eigenvalue weighted by atomic mass is 10.2. The van der Waals surface area contributed by atoms with E-state index in [1.165, 1.54) is 35.2 Å². The fourth-order valence-corrected chi connectivity index (χ4v) is 4.98. The molecule has 0 atom stereocenters. The van der Waals surface area contributed by atoms with Crippen molar-refractivity contribution in [3.63, 3.8) is 0 Å². The topological polar surface area (TPSA) is 46.1 Å². The van der Waals surface area contributed by atoms with E-state index in [1.807, 2.05) is 37.3 Å². The number of rotatable bonds is 6. The van der Waals surface area contributed by atoms with E-state index in [2.05, 4.69) is 4.98 Å². The van der Waals surface area contributed by atoms with Crippen LogP contribution in [0.2, 0.25) is 5.02 Å². The fourth-order valence-electron chi connectivity index (χ4n) is 2.88. The average molecular weight is 458 g/mol. The van der Waals surface area contributed by atoms with Crippen molar-refractivity contribution in [2.24, 2.45) is 0 Å². The molecule has 4 aromatic rings. The Hall–Kier alpha value is -2.48. The number of halogens is 2. The molecule has 0 aliphatic rings. The first-order chi connectivity index (χ1) is 14.5. The highest BCUT2D eigenvalue weighted by atomic mass is 35.5. The van der Waals surface area contributed by atoms with E-state index in [0.29, 0.717) is 16.7 Å². The Kier molecular flexibility index (Phi) is 6.32. The van der Waals surface area contributed by atoms with Crippen LogP contribution in [0.25, 0.3) is 10.2 Å². The molecule has 0 unspecified atom stereocenters. The number of hydrogen-bond donors (Lipinski definition) is 0. The predicted molar refractivity (Wildman–Crippen MR) is 122 cm³/mol. The number of carbonyl (C=O) groups excluding carboxylic acids is 1. The zero-order chi connectivity index (χ0) is 21.1. The third-order valence-electron chi connectivity index (χ3n) is 4.44. The first kappa shape index (κ1) is 20.8. The summed E-state index contributed by atoms with van der Waals surface area (Å²) in [5, 5.41) is 1.20. The van der Waals surface area contributed by atoms with E-state index in [9.17, 15) is 9.18 Å². The number of carbonyl (C=O) groups is 1. The number of hydrogen-bond acceptors (Lipinski definition) is 5. The zero-order valence-electron chi connectivity index (χ0n) is 16.0. The Labute approximate surface area is 186 Å². The molecule has 0 saturated carbocycles. The van der Waals surface area contributed by atoms with Crippen molar-refractivity contribution in [2.75, 3.05) is 10.7 Å². The summed E-state index contributed by atoms with van der Waals surface area (Å²) >= 11 is 9.11. The molecule has 0 N–H and O–H groups in total. The molecule has 30 heavy (non-hydrogen) atoms. The van der Waals surface area contributed by atoms with Gasteiger partial charge in [0.25, 0.3) is 0 Å². The molecule has 8 heteroatoms. The largest absolute Gasteiger partial charge is 0.281 e. The summed E-state index contributed by atoms with van der Waals surface area (Å²) in [6.45, 7) is 2.28. The van der Waals surface area contributed by atoms with Crippen LogP contribution in [0.1, 0.15) is 11.3 Å². The maximum absolute atomic E-state index is 13.2. The molecule has 4 rings (SSSR count). The number of pyridine rings is 1. The molecule has 2 heterocycles. The van der Waals surface area contributed by atoms with Gasteiger partial charge in [0.2, 0.25) is 5.91 Å². The van der Waals surface area contributed by atoms with Crippen LogP contribution in [0.3, 0.4) is 0 Å². The third-order valence-corrected chi connectivity index (χ3v) is 6.98. The van der Waals surface area contributed by atoms with Crippen LogP contribution in [0, 0.1) is 12.7 Å². The molecule has 0 spiro atoms. The Morgan fingerprint density at radius 2 is 1.97 bits per heavy atom. The highest BCUT2D eigenvalue weighted by Crippen LogP contribution is 2.36. The van der Waals surface area contributed by atoms with Gasteiger partial charge in [-0.3, -0.25) is 14.7 Å². The average Bonchev–Trinajstić information content (AvgIpc) is 3.21. The van der Waals surface area contributed by atoms with Crippen molar-refractivity contribution in [1.82, 2.24) is 9.97 Å². The second kappa shape index (κ2) is 9.12. The van der Waals surface area contributed by atoms with Gasteiger partial charge in [-0.15, -0.1) is 11.8 Å². The minimum atomic E-state index is -0.302. The summed E-state index contributed by atoms with van der Waals surface area (Å²) < 4.78 is 14.0. The smallest absolute Gasteiger partial charge is 0.239 e. The van der Waals surface area contributed by atoms with Gasteiger partial charge in [-0.1, -0.05) is 35.1 Å². The van der Waals surface area contributed by atoms with Crippen molar-refractivity contribution in [1.29, 1.82) is 0 Å². The number of amides is 1. The Morgan fingerprint density at radius 1 is 1.17 bits per heavy atom. The monoisotopic (exact) mass is 457 g/mol. The number of fused-ring (bicyclic) bond motifs is 1. The number of thioether (sulfide) groups is 1. The summed E-state index contributed by atoms with van der Waals surface area (Å²) in [4.78, 5) is 24.7. The maximum Gasteiger partial charge on any atom is 0.239 e. The fraction of sp³-hybridized carbons (Fsp3) is 0.136. The van der Waals surface area contributed by atoms with Crippen LogP contribution in [0.4, 0.5) is 9.52 Å². The normalized spacial score (nSPS) is 11.0. The lowest BCUT2D eigenvalue weighted by Gasteiger charge is -2.19. The van der Waals surface area contributed by atoms with Gasteiger partial charge >= 0.3 is 0 Å². The van der Waals surface area contributed by atoms with E-state index in [4.69, 9.17) is 16.6 Å². The van der Waals surface area contributed by atoms with Gasteiger partial charge < -0.3 is 0 Å². The number of aryl methyl sites for hydroxylation is 1. The van der Waals surface area contributed by atoms with Gasteiger partial charge in [-0.2, -0.15) is 0 Å². The lowest BCUT2D eigenvalue weighted by Crippen LogP contribution is -2.32. The molecule has 0 fully saturated rings. The van der Waals surface area contributed by atoms with Crippen LogP contribution in [0.15, 0.2) is 65.7 Å². The number of benzene rings is 2. The lowest BCUT2D eigenvalue weighted by molar-refractivity contribution is -0.116. The third kappa shape index (κ3) is 4.64. The molecule has 2 aromatic carbocycles. The number of aromatic nitrogens is 2. The Bertz CT molecular complexity index is 1140. The maximum atomic E-state index is 13.2. The summed E-state index contributed by atoms with van der Waals surface area (Å²) in [7, 11) is 0. The minimum Gasteiger partial charge on any atom is -0.281 e. The van der Waals surface area contributed by atoms with Gasteiger partial charge in [-0.25, -0.2) is 9.37 Å². The van der Waals surface area contributed by atoms with Crippen molar-refractivity contribution in [3.8, 4) is 0 Å². The molecular formula is C22H17ClFN3OS2. The predicted octanol–water partition coefficient (Wildman–Crippen LogP) is 6.12. The van der Waals surface area contributed by atoms with Gasteiger partial charge in [-0.05, 0) is 55.0 Å². The second-order valence-electron chi connectivity index (χ2n) is 6.58. The van der Waals surface area contributed by atoms with E-state index in [-0.39, 0.29) is 17.5 Å². The first-order valence-corrected chi connectivity index (χ1v) is 11.3. The van der Waals surface area contributed by atoms with Gasteiger partial charge in [0.15, 0.2) is 5.13 Å². The first-order valence-electron chi connectivity index (χ1n) is 9.15. The molecule has 152 valence electrons. The summed E-state index contributed by atoms with van der Waals surface area (Å²) in [5.41, 5.74) is 2.56. The Balaban J connectivity index is 1.64. The highest BCUT2D eigenvalue weighted by Gasteiger charge is 2.22. The van der Waals surface area contributed by atoms with Crippen LogP contribution in [-0.2, 0) is 11.3 Å². The standard InChI is InChI=1S/C22H17ClFN3OS2/c1-14-5-10-18(23)21-20(14)26-22(30-21)27(12-16-4-2-3-11-25-16)19(28)13-29-17-8-6-15(24)7-9-17/h2-11H,12-13H2,1H3. The SMILES string of the molecule is Cc1ccc(Cl)c2sc(N(Cc3ccccn3)C(=O)CSc3ccc(F)cc3)nc12. The second-order valence-corrected chi connectivity index (χ2v) is 9.02. The number of nitrogens with zero attached hydrogens (tertiary/aromatic N) is 3. The molecule has 0 saturated heterocycles. The van der Waals surface area contributed by atoms with Gasteiger partial charge in [0, 0.05) is 11.1 Å². The van der Waals surface area contributed by atoms with Crippen LogP contribution >= 0.6 is 34.7 Å². The molecule has 0 bridgehead atoms. The van der Waals surface area contributed by atoms with Crippen LogP contribution < -0.4 is 4.90 Å². The summed E-state index contributed by atoms with van der Waals surface area (Å²) in [6.07, 6.45) is 1.70. The molecule has 1 amide bonds. The van der Waals surface area contributed by atoms with Crippen molar-refractivity contribution in [2.45, 2.75) is 18.4 Å². The molecule has 0 aliphatic carbocycles. The summed E-state index contributed by atoms with van der Waals surface area (Å²) in [5.74, 6) is -0.215. The number of thiazole rings is 1. The van der Waals surface area contributed by atoms with Crippen molar-refractivity contribution < 1.29 is 9.18 Å². The van der Waals surface area contributed by atoms with Gasteiger partial charge in [0.1, 0.15) is 5.82 Å². The molecule has 4 nitrogen and oxygen atoms in total. The van der Waals surface area contributed by atoms with Crippen molar-refractivity contribution >= 4 is 56.0 Å². The van der Waals surface area contributed by atoms with Gasteiger partial charge in [0.05, 0.1) is 33.2 Å². The summed E-state index contributed by atoms with van der Waals surface area (Å²) in [6, 6.07) is 15.5.